The third-order valence-electron chi connectivity index (χ3n) is 6.25. The number of piperazine rings is 1. The highest BCUT2D eigenvalue weighted by atomic mass is 32.2. The van der Waals surface area contributed by atoms with Crippen LogP contribution in [-0.2, 0) is 9.59 Å². The van der Waals surface area contributed by atoms with Gasteiger partial charge in [-0.2, -0.15) is 5.26 Å². The molecule has 7 nitrogen and oxygen atoms in total. The Hall–Kier alpha value is -1.96. The monoisotopic (exact) mass is 447 g/mol. The van der Waals surface area contributed by atoms with Crippen LogP contribution in [0.1, 0.15) is 31.9 Å². The molecule has 10 heteroatoms. The van der Waals surface area contributed by atoms with Crippen LogP contribution in [0.2, 0.25) is 0 Å². The number of thioether (sulfide) groups is 2. The van der Waals surface area contributed by atoms with Crippen molar-refractivity contribution in [3.05, 3.63) is 23.8 Å². The summed E-state index contributed by atoms with van der Waals surface area (Å²) in [4.78, 5) is 28.1. The van der Waals surface area contributed by atoms with Gasteiger partial charge in [-0.15, -0.1) is 0 Å². The quantitative estimate of drug-likeness (QED) is 0.608. The Morgan fingerprint density at radius 3 is 2.66 bits per heavy atom. The van der Waals surface area contributed by atoms with E-state index >= 15 is 0 Å². The first-order valence-electron chi connectivity index (χ1n) is 9.01. The molecule has 1 aromatic carbocycles. The van der Waals surface area contributed by atoms with E-state index in [9.17, 15) is 14.9 Å². The Balaban J connectivity index is 1.74. The van der Waals surface area contributed by atoms with Gasteiger partial charge in [0.2, 0.25) is 6.79 Å². The van der Waals surface area contributed by atoms with Gasteiger partial charge in [0.25, 0.3) is 11.8 Å². The van der Waals surface area contributed by atoms with Crippen LogP contribution in [0.15, 0.2) is 18.2 Å². The lowest BCUT2D eigenvalue weighted by Gasteiger charge is -2.50. The van der Waals surface area contributed by atoms with Crippen LogP contribution in [0.4, 0.5) is 0 Å². The molecule has 5 aliphatic heterocycles. The van der Waals surface area contributed by atoms with Gasteiger partial charge in [0, 0.05) is 13.5 Å². The molecular formula is C19H17N3O4S3. The number of carbonyl (C=O) groups excluding carboxylic acids is 2. The maximum atomic E-state index is 13.8. The molecule has 0 aliphatic carbocycles. The first-order chi connectivity index (χ1) is 13.7. The lowest BCUT2D eigenvalue weighted by molar-refractivity contribution is -0.163. The number of carbonyl (C=O) groups is 2. The predicted octanol–water partition coefficient (Wildman–Crippen LogP) is 2.87. The Bertz CT molecular complexity index is 1040. The lowest BCUT2D eigenvalue weighted by atomic mass is 9.79. The number of hydrogen-bond donors (Lipinski definition) is 0. The summed E-state index contributed by atoms with van der Waals surface area (Å²) < 4.78 is 11.4. The molecule has 2 amide bonds. The average Bonchev–Trinajstić information content (AvgIpc) is 3.21. The van der Waals surface area contributed by atoms with E-state index in [1.807, 2.05) is 6.07 Å². The van der Waals surface area contributed by atoms with Gasteiger partial charge in [-0.3, -0.25) is 9.59 Å². The fraction of sp³-hybridized carbons (Fsp3) is 0.474. The molecule has 1 unspecified atom stereocenters. The van der Waals surface area contributed by atoms with E-state index in [1.165, 1.54) is 28.4 Å². The summed E-state index contributed by atoms with van der Waals surface area (Å²) in [5.74, 6) is 0.793. The van der Waals surface area contributed by atoms with Crippen LogP contribution in [-0.4, -0.2) is 48.7 Å². The van der Waals surface area contributed by atoms with Gasteiger partial charge < -0.3 is 19.3 Å². The van der Waals surface area contributed by atoms with Crippen LogP contribution in [0, 0.1) is 16.7 Å². The van der Waals surface area contributed by atoms with E-state index in [4.69, 9.17) is 21.7 Å². The molecule has 0 saturated carbocycles. The zero-order valence-electron chi connectivity index (χ0n) is 15.9. The highest BCUT2D eigenvalue weighted by Gasteiger charge is 2.73. The van der Waals surface area contributed by atoms with Gasteiger partial charge in [-0.1, -0.05) is 41.8 Å². The first kappa shape index (κ1) is 19.0. The number of amides is 2. The SMILES string of the molecule is CN1C(=O)[C@@]23C[C@](C)(C#N)C(c4ccc5c(c4)OCO5)N2C(=O)[C@]1(C)SC(=S)S3. The average molecular weight is 448 g/mol. The minimum atomic E-state index is -1.22. The highest BCUT2D eigenvalue weighted by Crippen LogP contribution is 2.65. The van der Waals surface area contributed by atoms with Gasteiger partial charge in [0.15, 0.2) is 21.2 Å². The van der Waals surface area contributed by atoms with Crippen molar-refractivity contribution in [1.29, 1.82) is 5.26 Å². The number of benzene rings is 1. The van der Waals surface area contributed by atoms with Crippen molar-refractivity contribution in [2.24, 2.45) is 5.41 Å². The zero-order valence-corrected chi connectivity index (χ0v) is 18.4. The molecule has 4 saturated heterocycles. The predicted molar refractivity (Wildman–Crippen MR) is 112 cm³/mol. The number of fused-ring (bicyclic) bond motifs is 4. The second-order valence-corrected chi connectivity index (χ2v) is 11.9. The molecule has 6 rings (SSSR count). The van der Waals surface area contributed by atoms with Crippen molar-refractivity contribution in [3.8, 4) is 17.6 Å². The van der Waals surface area contributed by atoms with E-state index in [0.717, 1.165) is 5.56 Å². The van der Waals surface area contributed by atoms with Crippen molar-refractivity contribution in [2.75, 3.05) is 13.8 Å². The summed E-state index contributed by atoms with van der Waals surface area (Å²) in [6.07, 6.45) is 0.200. The summed E-state index contributed by atoms with van der Waals surface area (Å²) in [5, 5.41) is 10.1. The van der Waals surface area contributed by atoms with Crippen molar-refractivity contribution in [3.63, 3.8) is 0 Å². The molecular weight excluding hydrogens is 430 g/mol. The summed E-state index contributed by atoms with van der Waals surface area (Å²) in [6, 6.07) is 7.21. The lowest BCUT2D eigenvalue weighted by Crippen LogP contribution is -2.69. The van der Waals surface area contributed by atoms with Gasteiger partial charge in [0.05, 0.1) is 17.5 Å². The number of hydrogen-bond acceptors (Lipinski definition) is 8. The van der Waals surface area contributed by atoms with E-state index in [-0.39, 0.29) is 25.0 Å². The third kappa shape index (κ3) is 2.24. The largest absolute Gasteiger partial charge is 0.454 e. The zero-order chi connectivity index (χ0) is 20.8. The maximum Gasteiger partial charge on any atom is 0.261 e. The summed E-state index contributed by atoms with van der Waals surface area (Å²) in [7, 11) is 1.64. The van der Waals surface area contributed by atoms with Crippen LogP contribution in [0.25, 0.3) is 0 Å². The Morgan fingerprint density at radius 1 is 1.21 bits per heavy atom. The van der Waals surface area contributed by atoms with Crippen molar-refractivity contribution >= 4 is 51.1 Å². The van der Waals surface area contributed by atoms with Gasteiger partial charge in [-0.25, -0.2) is 0 Å². The number of likely N-dealkylation sites (N-methyl/N-ethyl adjacent to an activating group) is 1. The molecule has 4 atom stereocenters. The van der Waals surface area contributed by atoms with E-state index in [2.05, 4.69) is 6.07 Å². The van der Waals surface area contributed by atoms with E-state index in [1.54, 1.807) is 37.9 Å². The summed E-state index contributed by atoms with van der Waals surface area (Å²) in [6.45, 7) is 3.66. The fourth-order valence-electron chi connectivity index (χ4n) is 4.72. The number of nitrogens with zero attached hydrogens (tertiary/aromatic N) is 3. The number of rotatable bonds is 1. The Morgan fingerprint density at radius 2 is 1.93 bits per heavy atom. The third-order valence-corrected chi connectivity index (χ3v) is 9.29. The van der Waals surface area contributed by atoms with Crippen molar-refractivity contribution in [1.82, 2.24) is 9.80 Å². The van der Waals surface area contributed by atoms with Crippen LogP contribution in [0.3, 0.4) is 0 Å². The van der Waals surface area contributed by atoms with Crippen LogP contribution in [0.5, 0.6) is 11.5 Å². The highest BCUT2D eigenvalue weighted by molar-refractivity contribution is 8.48. The van der Waals surface area contributed by atoms with Crippen molar-refractivity contribution < 1.29 is 19.1 Å². The normalized spacial score (nSPS) is 37.6. The van der Waals surface area contributed by atoms with Crippen LogP contribution < -0.4 is 9.47 Å². The Kier molecular flexibility index (Phi) is 3.81. The summed E-state index contributed by atoms with van der Waals surface area (Å²) >= 11 is 7.97. The molecule has 29 heavy (non-hydrogen) atoms. The van der Waals surface area contributed by atoms with E-state index < -0.39 is 21.2 Å². The Labute approximate surface area is 181 Å². The molecule has 4 fully saturated rings. The number of nitriles is 1. The van der Waals surface area contributed by atoms with Gasteiger partial charge in [0.1, 0.15) is 3.53 Å². The topological polar surface area (TPSA) is 82.9 Å². The molecule has 0 N–H and O–H groups in total. The minimum Gasteiger partial charge on any atom is -0.454 e. The van der Waals surface area contributed by atoms with Crippen LogP contribution >= 0.6 is 35.7 Å². The van der Waals surface area contributed by atoms with Crippen molar-refractivity contribution in [2.45, 2.75) is 36.1 Å². The van der Waals surface area contributed by atoms with Gasteiger partial charge in [-0.05, 0) is 31.5 Å². The second-order valence-electron chi connectivity index (χ2n) is 7.98. The summed E-state index contributed by atoms with van der Waals surface area (Å²) in [5.41, 5.74) is -0.234. The minimum absolute atomic E-state index is 0.133. The number of ether oxygens (including phenoxy) is 2. The maximum absolute atomic E-state index is 13.8. The molecule has 150 valence electrons. The number of thiocarbonyl (C=S) groups is 1. The molecule has 0 aromatic heterocycles. The molecule has 0 radical (unpaired) electrons. The second kappa shape index (κ2) is 5.80. The molecule has 1 spiro atoms. The fourth-order valence-corrected chi connectivity index (χ4v) is 8.57. The van der Waals surface area contributed by atoms with Gasteiger partial charge >= 0.3 is 0 Å². The van der Waals surface area contributed by atoms with E-state index in [0.29, 0.717) is 15.0 Å². The standard InChI is InChI=1S/C19H17N3O4S3/c1-17(8-20)7-19-15(24)21(3)18(2,28-16(27)29-19)14(23)22(19)13(17)10-4-5-11-12(6-10)26-9-25-11/h4-6,13H,7,9H2,1-3H3/t13?,17-,18+,19+/m1/s1. The molecule has 1 aromatic rings. The smallest absolute Gasteiger partial charge is 0.261 e. The first-order valence-corrected chi connectivity index (χ1v) is 11.1. The molecule has 5 aliphatic rings. The molecule has 5 heterocycles. The molecule has 2 bridgehead atoms.